The third-order valence-corrected chi connectivity index (χ3v) is 6.62. The average Bonchev–Trinajstić information content (AvgIpc) is 3.50. The molecule has 2 atom stereocenters. The number of ether oxygens (including phenoxy) is 1. The Morgan fingerprint density at radius 3 is 2.88 bits per heavy atom. The van der Waals surface area contributed by atoms with E-state index in [1.54, 1.807) is 25.3 Å². The van der Waals surface area contributed by atoms with Crippen LogP contribution >= 0.6 is 0 Å². The van der Waals surface area contributed by atoms with Crippen molar-refractivity contribution in [2.24, 2.45) is 0 Å². The number of hydrogen-bond acceptors (Lipinski definition) is 5. The first-order valence-corrected chi connectivity index (χ1v) is 11.1. The molecule has 0 amide bonds. The second kappa shape index (κ2) is 7.92. The van der Waals surface area contributed by atoms with E-state index in [0.717, 1.165) is 27.8 Å². The van der Waals surface area contributed by atoms with Gasteiger partial charge in [0.25, 0.3) is 0 Å². The number of H-pyrrole nitrogens is 1. The molecule has 1 aromatic carbocycles. The van der Waals surface area contributed by atoms with Crippen molar-refractivity contribution in [2.45, 2.75) is 51.0 Å². The molecule has 0 aliphatic carbocycles. The van der Waals surface area contributed by atoms with E-state index < -0.39 is 17.5 Å². The van der Waals surface area contributed by atoms with Crippen LogP contribution in [0.3, 0.4) is 0 Å². The van der Waals surface area contributed by atoms with Gasteiger partial charge in [-0.15, -0.1) is 0 Å². The molecule has 0 unspecified atom stereocenters. The zero-order chi connectivity index (χ0) is 24.2. The van der Waals surface area contributed by atoms with Gasteiger partial charge in [-0.05, 0) is 43.2 Å². The number of aromatic amines is 1. The molecule has 174 valence electrons. The Morgan fingerprint density at radius 2 is 2.21 bits per heavy atom. The van der Waals surface area contributed by atoms with Gasteiger partial charge >= 0.3 is 5.97 Å². The Labute approximate surface area is 195 Å². The number of nitrogens with one attached hydrogen (secondary N) is 1. The highest BCUT2D eigenvalue weighted by Crippen LogP contribution is 2.45. The molecule has 4 aromatic rings. The van der Waals surface area contributed by atoms with E-state index in [1.807, 2.05) is 24.5 Å². The lowest BCUT2D eigenvalue weighted by atomic mass is 9.80. The van der Waals surface area contributed by atoms with Gasteiger partial charge in [0, 0.05) is 40.1 Å². The molecule has 0 bridgehead atoms. The highest BCUT2D eigenvalue weighted by molar-refractivity contribution is 5.94. The summed E-state index contributed by atoms with van der Waals surface area (Å²) in [5.74, 6) is -1.53. The number of carbonyl (C=O) groups is 1. The minimum atomic E-state index is -0.998. The molecular formula is C25H24FN5O3. The number of aliphatic carboxylic acids is 1. The first kappa shape index (κ1) is 22.0. The predicted octanol–water partition coefficient (Wildman–Crippen LogP) is 4.50. The summed E-state index contributed by atoms with van der Waals surface area (Å²) in [5.41, 5.74) is 4.43. The van der Waals surface area contributed by atoms with Gasteiger partial charge in [0.1, 0.15) is 5.82 Å². The molecule has 9 heteroatoms. The lowest BCUT2D eigenvalue weighted by molar-refractivity contribution is -0.147. The van der Waals surface area contributed by atoms with Crippen molar-refractivity contribution in [1.82, 2.24) is 19.7 Å². The summed E-state index contributed by atoms with van der Waals surface area (Å²) in [4.78, 5) is 16.5. The number of rotatable bonds is 5. The highest BCUT2D eigenvalue weighted by atomic mass is 19.1. The van der Waals surface area contributed by atoms with Gasteiger partial charge < -0.3 is 14.4 Å². The van der Waals surface area contributed by atoms with E-state index in [9.17, 15) is 19.6 Å². The molecule has 1 fully saturated rings. The van der Waals surface area contributed by atoms with Gasteiger partial charge in [0.05, 0.1) is 29.9 Å². The lowest BCUT2D eigenvalue weighted by Crippen LogP contribution is -2.24. The number of nitrogens with zero attached hydrogens (tertiary/aromatic N) is 4. The van der Waals surface area contributed by atoms with Crippen molar-refractivity contribution in [3.63, 3.8) is 0 Å². The number of carboxylic acid groups (broad SMARTS) is 1. The second-order valence-electron chi connectivity index (χ2n) is 9.51. The summed E-state index contributed by atoms with van der Waals surface area (Å²) in [6.07, 6.45) is 1.31. The topological polar surface area (TPSA) is 117 Å². The predicted molar refractivity (Wildman–Crippen MR) is 123 cm³/mol. The number of hydrogen-bond donors (Lipinski definition) is 2. The maximum absolute atomic E-state index is 14.2. The maximum Gasteiger partial charge on any atom is 0.332 e. The fourth-order valence-electron chi connectivity index (χ4n) is 4.96. The molecule has 0 spiro atoms. The Morgan fingerprint density at radius 1 is 1.41 bits per heavy atom. The fraction of sp³-hybridized carbons (Fsp3) is 0.360. The molecule has 3 aromatic heterocycles. The van der Waals surface area contributed by atoms with Crippen LogP contribution in [0.5, 0.6) is 0 Å². The number of benzene rings is 1. The number of nitriles is 1. The number of pyridine rings is 1. The largest absolute Gasteiger partial charge is 0.479 e. The van der Waals surface area contributed by atoms with Crippen LogP contribution in [-0.2, 0) is 14.9 Å². The number of halogens is 1. The van der Waals surface area contributed by atoms with Gasteiger partial charge in [-0.1, -0.05) is 13.8 Å². The van der Waals surface area contributed by atoms with Crippen LogP contribution in [0.25, 0.3) is 27.8 Å². The van der Waals surface area contributed by atoms with Crippen LogP contribution in [-0.4, -0.2) is 43.5 Å². The smallest absolute Gasteiger partial charge is 0.332 e. The van der Waals surface area contributed by atoms with E-state index in [4.69, 9.17) is 9.72 Å². The molecule has 1 aliphatic heterocycles. The van der Waals surface area contributed by atoms with Crippen molar-refractivity contribution in [2.75, 3.05) is 6.61 Å². The van der Waals surface area contributed by atoms with Crippen molar-refractivity contribution in [3.8, 4) is 11.8 Å². The molecule has 0 radical (unpaired) electrons. The summed E-state index contributed by atoms with van der Waals surface area (Å²) in [5, 5.41) is 27.0. The van der Waals surface area contributed by atoms with Crippen LogP contribution in [0.2, 0.25) is 0 Å². The summed E-state index contributed by atoms with van der Waals surface area (Å²) in [6, 6.07) is 9.17. The molecule has 1 saturated heterocycles. The minimum absolute atomic E-state index is 0.228. The molecule has 4 heterocycles. The van der Waals surface area contributed by atoms with E-state index in [0.29, 0.717) is 23.1 Å². The maximum atomic E-state index is 14.2. The normalized spacial score (nSPS) is 18.6. The summed E-state index contributed by atoms with van der Waals surface area (Å²) in [7, 11) is 0. The lowest BCUT2D eigenvalue weighted by Gasteiger charge is -2.27. The van der Waals surface area contributed by atoms with Gasteiger partial charge in [-0.2, -0.15) is 10.4 Å². The first-order valence-electron chi connectivity index (χ1n) is 11.1. The Balaban J connectivity index is 1.89. The van der Waals surface area contributed by atoms with Crippen molar-refractivity contribution >= 4 is 28.0 Å². The molecule has 34 heavy (non-hydrogen) atoms. The second-order valence-corrected chi connectivity index (χ2v) is 9.51. The molecule has 0 saturated carbocycles. The zero-order valence-corrected chi connectivity index (χ0v) is 19.1. The summed E-state index contributed by atoms with van der Waals surface area (Å²) < 4.78 is 21.8. The van der Waals surface area contributed by atoms with Gasteiger partial charge in [-0.3, -0.25) is 5.10 Å². The highest BCUT2D eigenvalue weighted by Gasteiger charge is 2.40. The number of fused-ring (bicyclic) bond motifs is 2. The van der Waals surface area contributed by atoms with Gasteiger partial charge in [0.15, 0.2) is 11.8 Å². The Hall–Kier alpha value is -3.77. The fourth-order valence-corrected chi connectivity index (χ4v) is 4.96. The SMILES string of the molecule is Cc1cc(-n2c(C(C)(C)CC#N)c([C@@H]3CO[C@@H](C(=O)O)C3)c3nc4[nH]ncc4cc32)ccc1F. The molecule has 2 N–H and O–H groups in total. The van der Waals surface area contributed by atoms with Crippen molar-refractivity contribution < 1.29 is 19.0 Å². The monoisotopic (exact) mass is 461 g/mol. The van der Waals surface area contributed by atoms with E-state index in [1.165, 1.54) is 6.07 Å². The third kappa shape index (κ3) is 3.42. The van der Waals surface area contributed by atoms with Crippen molar-refractivity contribution in [1.29, 1.82) is 5.26 Å². The number of carboxylic acids is 1. The van der Waals surface area contributed by atoms with Crippen LogP contribution in [0, 0.1) is 24.1 Å². The Kier molecular flexibility index (Phi) is 5.14. The average molecular weight is 461 g/mol. The van der Waals surface area contributed by atoms with E-state index in [-0.39, 0.29) is 24.8 Å². The summed E-state index contributed by atoms with van der Waals surface area (Å²) >= 11 is 0. The molecule has 8 nitrogen and oxygen atoms in total. The quantitative estimate of drug-likeness (QED) is 0.452. The molecule has 1 aliphatic rings. The number of aryl methyl sites for hydroxylation is 1. The van der Waals surface area contributed by atoms with Gasteiger partial charge in [0.2, 0.25) is 0 Å². The molecular weight excluding hydrogens is 437 g/mol. The molecule has 5 rings (SSSR count). The van der Waals surface area contributed by atoms with Crippen LogP contribution < -0.4 is 0 Å². The van der Waals surface area contributed by atoms with E-state index in [2.05, 4.69) is 16.3 Å². The van der Waals surface area contributed by atoms with E-state index >= 15 is 0 Å². The van der Waals surface area contributed by atoms with Crippen LogP contribution in [0.4, 0.5) is 4.39 Å². The third-order valence-electron chi connectivity index (χ3n) is 6.62. The van der Waals surface area contributed by atoms with Crippen LogP contribution in [0.15, 0.2) is 30.5 Å². The number of aromatic nitrogens is 4. The van der Waals surface area contributed by atoms with Gasteiger partial charge in [-0.25, -0.2) is 14.2 Å². The summed E-state index contributed by atoms with van der Waals surface area (Å²) in [6.45, 7) is 5.91. The minimum Gasteiger partial charge on any atom is -0.479 e. The standard InChI is InChI=1S/C25H24FN5O3/c1-13-8-16(4-5-17(13)26)31-18-9-14-11-28-30-23(14)29-21(18)20(22(31)25(2,3)6-7-27)15-10-19(24(32)33)34-12-15/h4-5,8-9,11,15,19H,6,10,12H2,1-3H3,(H,32,33)(H,28,29,30)/t15-,19+/m0/s1. The Bertz CT molecular complexity index is 1480. The first-order chi connectivity index (χ1) is 16.2. The zero-order valence-electron chi connectivity index (χ0n) is 19.1. The van der Waals surface area contributed by atoms with Crippen molar-refractivity contribution in [3.05, 3.63) is 53.1 Å². The van der Waals surface area contributed by atoms with Crippen LogP contribution in [0.1, 0.15) is 49.4 Å².